The van der Waals surface area contributed by atoms with Crippen LogP contribution in [-0.2, 0) is 27.4 Å². The number of carboxylic acids is 2. The fourth-order valence-electron chi connectivity index (χ4n) is 3.74. The molecule has 0 saturated heterocycles. The van der Waals surface area contributed by atoms with E-state index in [9.17, 15) is 24.3 Å². The molecule has 35 heavy (non-hydrogen) atoms. The molecular formula is C24H26N4O7. The van der Waals surface area contributed by atoms with Crippen molar-refractivity contribution < 1.29 is 34.1 Å². The average molecular weight is 482 g/mol. The zero-order valence-electron chi connectivity index (χ0n) is 18.8. The molecule has 11 heteroatoms. The molecule has 184 valence electrons. The van der Waals surface area contributed by atoms with E-state index in [1.54, 1.807) is 42.5 Å². The van der Waals surface area contributed by atoms with Crippen LogP contribution in [0.15, 0.2) is 42.5 Å². The minimum atomic E-state index is -1.25. The summed E-state index contributed by atoms with van der Waals surface area (Å²) in [5.74, 6) is -3.00. The van der Waals surface area contributed by atoms with Gasteiger partial charge in [-0.3, -0.25) is 24.6 Å². The minimum Gasteiger partial charge on any atom is -0.489 e. The van der Waals surface area contributed by atoms with Crippen molar-refractivity contribution in [2.45, 2.75) is 31.9 Å². The highest BCUT2D eigenvalue weighted by atomic mass is 16.5. The number of nitrogen functional groups attached to an aromatic ring is 1. The van der Waals surface area contributed by atoms with Gasteiger partial charge in [-0.1, -0.05) is 24.3 Å². The van der Waals surface area contributed by atoms with Crippen LogP contribution < -0.4 is 15.8 Å². The second-order valence-electron chi connectivity index (χ2n) is 8.02. The molecule has 2 amide bonds. The maximum absolute atomic E-state index is 13.1. The maximum atomic E-state index is 13.1. The van der Waals surface area contributed by atoms with E-state index >= 15 is 0 Å². The van der Waals surface area contributed by atoms with Gasteiger partial charge >= 0.3 is 11.9 Å². The van der Waals surface area contributed by atoms with Gasteiger partial charge in [-0.05, 0) is 35.7 Å². The number of amidine groups is 1. The molecule has 1 aliphatic heterocycles. The molecule has 1 unspecified atom stereocenters. The molecule has 0 bridgehead atoms. The summed E-state index contributed by atoms with van der Waals surface area (Å²) < 4.78 is 5.82. The van der Waals surface area contributed by atoms with E-state index < -0.39 is 36.2 Å². The zero-order chi connectivity index (χ0) is 25.5. The fourth-order valence-corrected chi connectivity index (χ4v) is 3.74. The number of hydrogen-bond donors (Lipinski definition) is 5. The van der Waals surface area contributed by atoms with Gasteiger partial charge in [0.15, 0.2) is 0 Å². The minimum absolute atomic E-state index is 0.0193. The molecule has 2 aromatic rings. The normalized spacial score (nSPS) is 13.5. The first-order valence-corrected chi connectivity index (χ1v) is 10.9. The van der Waals surface area contributed by atoms with E-state index in [0.717, 1.165) is 11.1 Å². The number of benzene rings is 2. The van der Waals surface area contributed by atoms with Crippen LogP contribution in [0, 0.1) is 5.41 Å². The number of aliphatic carboxylic acids is 2. The Balaban J connectivity index is 1.69. The first-order chi connectivity index (χ1) is 16.7. The van der Waals surface area contributed by atoms with Gasteiger partial charge in [-0.2, -0.15) is 0 Å². The molecule has 11 nitrogen and oxygen atoms in total. The molecule has 0 spiro atoms. The molecule has 0 radical (unpaired) electrons. The van der Waals surface area contributed by atoms with Crippen molar-refractivity contribution in [2.75, 3.05) is 13.1 Å². The van der Waals surface area contributed by atoms with Crippen molar-refractivity contribution in [1.82, 2.24) is 10.2 Å². The first kappa shape index (κ1) is 25.2. The topological polar surface area (TPSA) is 183 Å². The third-order valence-corrected chi connectivity index (χ3v) is 5.55. The second kappa shape index (κ2) is 11.1. The Labute approximate surface area is 201 Å². The molecule has 1 aliphatic rings. The number of carbonyl (C=O) groups excluding carboxylic acids is 2. The lowest BCUT2D eigenvalue weighted by atomic mass is 9.96. The molecule has 1 heterocycles. The molecule has 2 aromatic carbocycles. The number of ether oxygens (including phenoxy) is 1. The first-order valence-electron chi connectivity index (χ1n) is 10.9. The lowest BCUT2D eigenvalue weighted by molar-refractivity contribution is -0.142. The predicted molar refractivity (Wildman–Crippen MR) is 124 cm³/mol. The molecular weight excluding hydrogens is 456 g/mol. The summed E-state index contributed by atoms with van der Waals surface area (Å²) in [6.07, 6.45) is -0.514. The van der Waals surface area contributed by atoms with Crippen molar-refractivity contribution in [2.24, 2.45) is 5.73 Å². The van der Waals surface area contributed by atoms with Gasteiger partial charge in [0, 0.05) is 24.2 Å². The van der Waals surface area contributed by atoms with Gasteiger partial charge in [0.1, 0.15) is 24.2 Å². The average Bonchev–Trinajstić information content (AvgIpc) is 2.81. The SMILES string of the molecule is N=C(N)c1ccc(COc2ccc3c(c2)CCN(C(CC(=O)O)C(=O)NCCC(=O)O)C3=O)cc1. The maximum Gasteiger partial charge on any atom is 0.305 e. The number of fused-ring (bicyclic) bond motifs is 1. The third kappa shape index (κ3) is 6.56. The Morgan fingerprint density at radius 2 is 1.83 bits per heavy atom. The number of amides is 2. The van der Waals surface area contributed by atoms with Crippen molar-refractivity contribution in [3.63, 3.8) is 0 Å². The summed E-state index contributed by atoms with van der Waals surface area (Å²) in [6, 6.07) is 10.8. The third-order valence-electron chi connectivity index (χ3n) is 5.55. The summed E-state index contributed by atoms with van der Waals surface area (Å²) >= 11 is 0. The Hall–Kier alpha value is -4.41. The number of carbonyl (C=O) groups is 4. The molecule has 1 atom stereocenters. The molecule has 6 N–H and O–H groups in total. The van der Waals surface area contributed by atoms with Crippen LogP contribution in [0.4, 0.5) is 0 Å². The van der Waals surface area contributed by atoms with Crippen LogP contribution in [0.2, 0.25) is 0 Å². The molecule has 3 rings (SSSR count). The molecule has 0 fully saturated rings. The van der Waals surface area contributed by atoms with Gasteiger partial charge in [0.05, 0.1) is 12.8 Å². The van der Waals surface area contributed by atoms with E-state index in [-0.39, 0.29) is 32.0 Å². The lowest BCUT2D eigenvalue weighted by Crippen LogP contribution is -2.53. The van der Waals surface area contributed by atoms with Gasteiger partial charge < -0.3 is 30.9 Å². The summed E-state index contributed by atoms with van der Waals surface area (Å²) in [5, 5.41) is 27.8. The van der Waals surface area contributed by atoms with E-state index in [4.69, 9.17) is 21.0 Å². The number of carboxylic acid groups (broad SMARTS) is 2. The number of nitrogens with two attached hydrogens (primary N) is 1. The Bertz CT molecular complexity index is 1150. The van der Waals surface area contributed by atoms with Crippen LogP contribution in [0.25, 0.3) is 0 Å². The van der Waals surface area contributed by atoms with Gasteiger partial charge in [-0.15, -0.1) is 0 Å². The van der Waals surface area contributed by atoms with Crippen molar-refractivity contribution in [3.05, 3.63) is 64.7 Å². The summed E-state index contributed by atoms with van der Waals surface area (Å²) in [7, 11) is 0. The molecule has 0 aromatic heterocycles. The highest BCUT2D eigenvalue weighted by Gasteiger charge is 2.35. The molecule has 0 saturated carbocycles. The van der Waals surface area contributed by atoms with Crippen molar-refractivity contribution in [3.8, 4) is 5.75 Å². The monoisotopic (exact) mass is 482 g/mol. The largest absolute Gasteiger partial charge is 0.489 e. The van der Waals surface area contributed by atoms with Crippen LogP contribution in [-0.4, -0.2) is 63.8 Å². The highest BCUT2D eigenvalue weighted by Crippen LogP contribution is 2.26. The quantitative estimate of drug-likeness (QED) is 0.232. The highest BCUT2D eigenvalue weighted by molar-refractivity contribution is 6.00. The number of hydrogen-bond acceptors (Lipinski definition) is 6. The standard InChI is InChI=1S/C24H26N4O7/c25-22(26)15-3-1-14(2-4-15)13-35-17-5-6-18-16(11-17)8-10-28(24(18)34)19(12-21(31)32)23(33)27-9-7-20(29)30/h1-6,11,19H,7-10,12-13H2,(H3,25,26)(H,27,33)(H,29,30)(H,31,32). The van der Waals surface area contributed by atoms with E-state index in [0.29, 0.717) is 23.3 Å². The van der Waals surface area contributed by atoms with E-state index in [1.165, 1.54) is 4.90 Å². The number of rotatable bonds is 11. The van der Waals surface area contributed by atoms with Crippen LogP contribution in [0.1, 0.15) is 39.9 Å². The van der Waals surface area contributed by atoms with Crippen LogP contribution >= 0.6 is 0 Å². The smallest absolute Gasteiger partial charge is 0.305 e. The second-order valence-corrected chi connectivity index (χ2v) is 8.02. The van der Waals surface area contributed by atoms with Gasteiger partial charge in [-0.25, -0.2) is 0 Å². The van der Waals surface area contributed by atoms with E-state index in [2.05, 4.69) is 5.32 Å². The number of nitrogens with zero attached hydrogens (tertiary/aromatic N) is 1. The van der Waals surface area contributed by atoms with Crippen molar-refractivity contribution >= 4 is 29.6 Å². The van der Waals surface area contributed by atoms with Crippen LogP contribution in [0.3, 0.4) is 0 Å². The fraction of sp³-hybridized carbons (Fsp3) is 0.292. The molecule has 0 aliphatic carbocycles. The summed E-state index contributed by atoms with van der Waals surface area (Å²) in [4.78, 5) is 48.9. The zero-order valence-corrected chi connectivity index (χ0v) is 18.8. The van der Waals surface area contributed by atoms with Crippen molar-refractivity contribution in [1.29, 1.82) is 5.41 Å². The Morgan fingerprint density at radius 1 is 1.11 bits per heavy atom. The predicted octanol–water partition coefficient (Wildman–Crippen LogP) is 0.982. The van der Waals surface area contributed by atoms with Crippen LogP contribution in [0.5, 0.6) is 5.75 Å². The summed E-state index contributed by atoms with van der Waals surface area (Å²) in [6.45, 7) is 0.238. The Kier molecular flexibility index (Phi) is 8.03. The van der Waals surface area contributed by atoms with Gasteiger partial charge in [0.2, 0.25) is 5.91 Å². The lowest BCUT2D eigenvalue weighted by Gasteiger charge is -2.34. The van der Waals surface area contributed by atoms with E-state index in [1.807, 2.05) is 0 Å². The number of nitrogens with one attached hydrogen (secondary N) is 2. The Morgan fingerprint density at radius 3 is 2.46 bits per heavy atom. The summed E-state index contributed by atoms with van der Waals surface area (Å²) in [5.41, 5.74) is 8.01. The van der Waals surface area contributed by atoms with Gasteiger partial charge in [0.25, 0.3) is 5.91 Å².